The summed E-state index contributed by atoms with van der Waals surface area (Å²) in [6.45, 7) is 2.62. The minimum Gasteiger partial charge on any atom is -0.488 e. The van der Waals surface area contributed by atoms with Crippen LogP contribution in [-0.2, 0) is 9.73 Å². The number of aromatic nitrogens is 2. The van der Waals surface area contributed by atoms with Crippen molar-refractivity contribution in [1.29, 1.82) is 0 Å². The quantitative estimate of drug-likeness (QED) is 0.445. The summed E-state index contributed by atoms with van der Waals surface area (Å²) in [6, 6.07) is 8.06. The first kappa shape index (κ1) is 26.2. The number of aliphatic hydroxyl groups excluding tert-OH is 1. The number of nitrogens with one attached hydrogen (secondary N) is 1. The molecular weight excluding hydrogens is 481 g/mol. The second kappa shape index (κ2) is 11.1. The molecule has 1 heterocycles. The van der Waals surface area contributed by atoms with Crippen molar-refractivity contribution in [3.63, 3.8) is 0 Å². The molecule has 0 aliphatic heterocycles. The van der Waals surface area contributed by atoms with Crippen LogP contribution < -0.4 is 10.1 Å². The van der Waals surface area contributed by atoms with E-state index < -0.39 is 9.73 Å². The first-order chi connectivity index (χ1) is 17.1. The summed E-state index contributed by atoms with van der Waals surface area (Å²) in [6.07, 6.45) is 5.52. The number of hydrogen-bond donors (Lipinski definition) is 2. The van der Waals surface area contributed by atoms with E-state index in [-0.39, 0.29) is 18.0 Å². The molecule has 36 heavy (non-hydrogen) atoms. The molecule has 0 bridgehead atoms. The van der Waals surface area contributed by atoms with Crippen molar-refractivity contribution in [3.8, 4) is 5.75 Å². The van der Waals surface area contributed by atoms with Crippen molar-refractivity contribution in [3.05, 3.63) is 48.0 Å². The Kier molecular flexibility index (Phi) is 8.07. The average molecular weight is 516 g/mol. The van der Waals surface area contributed by atoms with Crippen LogP contribution in [0, 0.1) is 12.7 Å². The summed E-state index contributed by atoms with van der Waals surface area (Å²) in [5.41, 5.74) is 2.75. The first-order valence-electron chi connectivity index (χ1n) is 12.1. The number of fused-ring (bicyclic) bond motifs is 1. The maximum absolute atomic E-state index is 14.1. The summed E-state index contributed by atoms with van der Waals surface area (Å²) in [4.78, 5) is 10.8. The predicted octanol–water partition coefficient (Wildman–Crippen LogP) is 4.79. The fraction of sp³-hybridized carbons (Fsp3) is 0.462. The Morgan fingerprint density at radius 3 is 2.67 bits per heavy atom. The molecule has 1 unspecified atom stereocenters. The van der Waals surface area contributed by atoms with Crippen molar-refractivity contribution in [2.24, 2.45) is 4.36 Å². The van der Waals surface area contributed by atoms with Gasteiger partial charge >= 0.3 is 0 Å². The molecule has 1 saturated carbocycles. The van der Waals surface area contributed by atoms with E-state index in [0.717, 1.165) is 10.9 Å². The van der Waals surface area contributed by atoms with E-state index in [1.165, 1.54) is 18.5 Å². The van der Waals surface area contributed by atoms with Crippen LogP contribution in [0.5, 0.6) is 5.75 Å². The van der Waals surface area contributed by atoms with Gasteiger partial charge in [-0.15, -0.1) is 0 Å². The predicted molar refractivity (Wildman–Crippen MR) is 142 cm³/mol. The largest absolute Gasteiger partial charge is 0.488 e. The monoisotopic (exact) mass is 515 g/mol. The van der Waals surface area contributed by atoms with Gasteiger partial charge in [-0.1, -0.05) is 0 Å². The van der Waals surface area contributed by atoms with E-state index in [4.69, 9.17) is 4.74 Å². The maximum atomic E-state index is 14.1. The molecule has 2 aromatic carbocycles. The highest BCUT2D eigenvalue weighted by molar-refractivity contribution is 7.93. The standard InChI is InChI=1S/C26H34FN5O3S/c1-17-13-19(31-36(4,34)12-11-32(2)3)15-23-25(17)26(29-16-28-23)30-22-10-5-18(27)14-24(22)35-21-8-6-20(33)7-9-21/h5,10,13-16,20-21,33H,6-9,11-12H2,1-4H3,(H,28,29,30). The van der Waals surface area contributed by atoms with Gasteiger partial charge in [0.1, 0.15) is 23.7 Å². The fourth-order valence-electron chi connectivity index (χ4n) is 4.31. The summed E-state index contributed by atoms with van der Waals surface area (Å²) in [5.74, 6) is 1.04. The highest BCUT2D eigenvalue weighted by atomic mass is 32.2. The number of anilines is 2. The Morgan fingerprint density at radius 2 is 1.94 bits per heavy atom. The van der Waals surface area contributed by atoms with Crippen LogP contribution in [0.25, 0.3) is 10.9 Å². The van der Waals surface area contributed by atoms with Crippen LogP contribution in [0.4, 0.5) is 21.6 Å². The minimum absolute atomic E-state index is 0.0832. The van der Waals surface area contributed by atoms with Gasteiger partial charge in [0.15, 0.2) is 0 Å². The maximum Gasteiger partial charge on any atom is 0.146 e. The zero-order chi connectivity index (χ0) is 25.9. The normalized spacial score (nSPS) is 19.8. The molecule has 1 fully saturated rings. The molecule has 194 valence electrons. The van der Waals surface area contributed by atoms with Gasteiger partial charge in [-0.3, -0.25) is 0 Å². The number of rotatable bonds is 8. The molecule has 10 heteroatoms. The van der Waals surface area contributed by atoms with E-state index >= 15 is 0 Å². The van der Waals surface area contributed by atoms with E-state index in [1.807, 2.05) is 38.1 Å². The van der Waals surface area contributed by atoms with Crippen LogP contribution in [0.1, 0.15) is 31.2 Å². The number of ether oxygens (including phenoxy) is 1. The molecule has 4 rings (SSSR count). The molecule has 1 aliphatic rings. The highest BCUT2D eigenvalue weighted by Crippen LogP contribution is 2.35. The number of benzene rings is 2. The summed E-state index contributed by atoms with van der Waals surface area (Å²) in [7, 11) is 1.49. The topological polar surface area (TPSA) is 99.9 Å². The van der Waals surface area contributed by atoms with E-state index in [0.29, 0.717) is 66.4 Å². The van der Waals surface area contributed by atoms with Crippen LogP contribution in [0.15, 0.2) is 41.0 Å². The van der Waals surface area contributed by atoms with E-state index in [2.05, 4.69) is 19.6 Å². The summed E-state index contributed by atoms with van der Waals surface area (Å²) in [5, 5.41) is 13.9. The van der Waals surface area contributed by atoms with Crippen molar-refractivity contribution in [2.45, 2.75) is 44.8 Å². The molecule has 0 amide bonds. The Hall–Kier alpha value is -2.82. The molecule has 1 atom stereocenters. The Labute approximate surface area is 212 Å². The van der Waals surface area contributed by atoms with E-state index in [1.54, 1.807) is 12.3 Å². The lowest BCUT2D eigenvalue weighted by Crippen LogP contribution is -2.26. The number of halogens is 1. The van der Waals surface area contributed by atoms with Gasteiger partial charge in [-0.05, 0) is 76.5 Å². The lowest BCUT2D eigenvalue weighted by atomic mass is 9.95. The SMILES string of the molecule is Cc1cc(N=S(C)(=O)CCN(C)C)cc2ncnc(Nc3ccc(F)cc3OC3CCC(O)CC3)c12. The molecule has 0 radical (unpaired) electrons. The molecule has 0 saturated heterocycles. The van der Waals surface area contributed by atoms with Gasteiger partial charge in [-0.2, -0.15) is 4.36 Å². The van der Waals surface area contributed by atoms with Gasteiger partial charge in [-0.25, -0.2) is 18.6 Å². The van der Waals surface area contributed by atoms with Gasteiger partial charge in [0.25, 0.3) is 0 Å². The highest BCUT2D eigenvalue weighted by Gasteiger charge is 2.22. The van der Waals surface area contributed by atoms with Crippen LogP contribution in [0.2, 0.25) is 0 Å². The molecule has 3 aromatic rings. The second-order valence-corrected chi connectivity index (χ2v) is 12.3. The van der Waals surface area contributed by atoms with Gasteiger partial charge in [0.05, 0.1) is 29.1 Å². The minimum atomic E-state index is -2.39. The smallest absolute Gasteiger partial charge is 0.146 e. The molecule has 8 nitrogen and oxygen atoms in total. The molecule has 1 aromatic heterocycles. The lowest BCUT2D eigenvalue weighted by molar-refractivity contribution is 0.0668. The molecule has 0 spiro atoms. The van der Waals surface area contributed by atoms with Crippen LogP contribution in [0.3, 0.4) is 0 Å². The zero-order valence-electron chi connectivity index (χ0n) is 21.2. The average Bonchev–Trinajstić information content (AvgIpc) is 2.81. The van der Waals surface area contributed by atoms with Crippen molar-refractivity contribution in [2.75, 3.05) is 38.0 Å². The van der Waals surface area contributed by atoms with Crippen LogP contribution >= 0.6 is 0 Å². The van der Waals surface area contributed by atoms with E-state index in [9.17, 15) is 13.7 Å². The number of hydrogen-bond acceptors (Lipinski definition) is 8. The lowest BCUT2D eigenvalue weighted by Gasteiger charge is -2.27. The zero-order valence-corrected chi connectivity index (χ0v) is 22.0. The first-order valence-corrected chi connectivity index (χ1v) is 14.2. The molecule has 1 aliphatic carbocycles. The number of aryl methyl sites for hydroxylation is 1. The third kappa shape index (κ3) is 6.68. The Morgan fingerprint density at radius 1 is 1.19 bits per heavy atom. The second-order valence-electron chi connectivity index (χ2n) is 9.75. The third-order valence-corrected chi connectivity index (χ3v) is 7.81. The van der Waals surface area contributed by atoms with Gasteiger partial charge < -0.3 is 20.1 Å². The van der Waals surface area contributed by atoms with Gasteiger partial charge in [0.2, 0.25) is 0 Å². The van der Waals surface area contributed by atoms with Crippen molar-refractivity contribution in [1.82, 2.24) is 14.9 Å². The van der Waals surface area contributed by atoms with Gasteiger partial charge in [0, 0.05) is 39.7 Å². The number of nitrogens with zero attached hydrogens (tertiary/aromatic N) is 4. The van der Waals surface area contributed by atoms with Crippen LogP contribution in [-0.4, -0.2) is 69.0 Å². The van der Waals surface area contributed by atoms with Crippen molar-refractivity contribution >= 4 is 37.8 Å². The molecular formula is C26H34FN5O3S. The van der Waals surface area contributed by atoms with Crippen molar-refractivity contribution < 1.29 is 18.4 Å². The third-order valence-electron chi connectivity index (χ3n) is 6.27. The molecule has 2 N–H and O–H groups in total. The number of aliphatic hydroxyl groups is 1. The fourth-order valence-corrected chi connectivity index (χ4v) is 5.65. The summed E-state index contributed by atoms with van der Waals surface area (Å²) >= 11 is 0. The Bertz CT molecular complexity index is 1350. The Balaban J connectivity index is 1.64. The summed E-state index contributed by atoms with van der Waals surface area (Å²) < 4.78 is 37.7.